The van der Waals surface area contributed by atoms with Crippen molar-refractivity contribution < 1.29 is 14.4 Å². The average Bonchev–Trinajstić information content (AvgIpc) is 2.78. The van der Waals surface area contributed by atoms with Crippen LogP contribution in [0.2, 0.25) is 0 Å². The van der Waals surface area contributed by atoms with Crippen LogP contribution in [-0.2, 0) is 4.79 Å². The van der Waals surface area contributed by atoms with E-state index in [1.807, 2.05) is 12.1 Å². The summed E-state index contributed by atoms with van der Waals surface area (Å²) >= 11 is 0. The smallest absolute Gasteiger partial charge is 0.319 e. The molecule has 0 spiro atoms. The minimum Gasteiger partial charge on any atom is -0.329 e. The number of hydrogen-bond donors (Lipinski definition) is 3. The summed E-state index contributed by atoms with van der Waals surface area (Å²) in [5.41, 5.74) is 2.07. The van der Waals surface area contributed by atoms with Gasteiger partial charge in [-0.3, -0.25) is 9.59 Å². The molecule has 3 rings (SSSR count). The van der Waals surface area contributed by atoms with Gasteiger partial charge in [-0.2, -0.15) is 5.26 Å². The van der Waals surface area contributed by atoms with Crippen molar-refractivity contribution in [2.45, 2.75) is 0 Å². The van der Waals surface area contributed by atoms with Crippen LogP contribution in [0.3, 0.4) is 0 Å². The van der Waals surface area contributed by atoms with Crippen molar-refractivity contribution in [3.8, 4) is 6.07 Å². The Hall–Kier alpha value is -4.44. The number of nitrogens with zero attached hydrogens (tertiary/aromatic N) is 1. The van der Waals surface area contributed by atoms with Crippen LogP contribution in [0.25, 0.3) is 0 Å². The Kier molecular flexibility index (Phi) is 6.54. The summed E-state index contributed by atoms with van der Waals surface area (Å²) < 4.78 is 0. The predicted octanol–water partition coefficient (Wildman–Crippen LogP) is 3.55. The maximum atomic E-state index is 12.7. The van der Waals surface area contributed by atoms with Gasteiger partial charge in [-0.1, -0.05) is 48.5 Å². The fourth-order valence-corrected chi connectivity index (χ4v) is 2.73. The Morgan fingerprint density at radius 2 is 1.57 bits per heavy atom. The minimum atomic E-state index is -0.589. The van der Waals surface area contributed by atoms with Gasteiger partial charge in [0.25, 0.3) is 0 Å². The Morgan fingerprint density at radius 1 is 0.833 bits per heavy atom. The lowest BCUT2D eigenvalue weighted by Crippen LogP contribution is -2.36. The molecule has 7 heteroatoms. The molecular formula is C23H18N4O3. The highest BCUT2D eigenvalue weighted by atomic mass is 16.2. The van der Waals surface area contributed by atoms with E-state index in [9.17, 15) is 14.4 Å². The van der Waals surface area contributed by atoms with E-state index in [0.717, 1.165) is 0 Å². The van der Waals surface area contributed by atoms with Crippen molar-refractivity contribution in [3.05, 3.63) is 95.6 Å². The summed E-state index contributed by atoms with van der Waals surface area (Å²) in [7, 11) is 0. The number of carbonyl (C=O) groups excluding carboxylic acids is 3. The van der Waals surface area contributed by atoms with E-state index in [4.69, 9.17) is 5.26 Å². The molecule has 30 heavy (non-hydrogen) atoms. The topological polar surface area (TPSA) is 111 Å². The molecule has 0 aliphatic carbocycles. The van der Waals surface area contributed by atoms with Crippen LogP contribution in [0.5, 0.6) is 0 Å². The fourth-order valence-electron chi connectivity index (χ4n) is 2.73. The van der Waals surface area contributed by atoms with Crippen molar-refractivity contribution in [1.29, 1.82) is 5.26 Å². The number of nitrogens with one attached hydrogen (secondary N) is 3. The van der Waals surface area contributed by atoms with E-state index in [1.54, 1.807) is 66.7 Å². The van der Waals surface area contributed by atoms with Gasteiger partial charge < -0.3 is 16.0 Å². The predicted molar refractivity (Wildman–Crippen MR) is 113 cm³/mol. The molecule has 3 N–H and O–H groups in total. The lowest BCUT2D eigenvalue weighted by atomic mass is 10.0. The van der Waals surface area contributed by atoms with Gasteiger partial charge >= 0.3 is 6.03 Å². The van der Waals surface area contributed by atoms with Crippen molar-refractivity contribution in [1.82, 2.24) is 5.32 Å². The summed E-state index contributed by atoms with van der Waals surface area (Å²) in [5, 5.41) is 16.5. The number of amides is 3. The number of anilines is 2. The first-order valence-electron chi connectivity index (χ1n) is 9.10. The van der Waals surface area contributed by atoms with Crippen LogP contribution in [-0.4, -0.2) is 24.3 Å². The first-order valence-corrected chi connectivity index (χ1v) is 9.10. The SMILES string of the molecule is N#Cc1cccc(NC(=O)NCC(=O)Nc2ccccc2C(=O)c2ccccc2)c1. The highest BCUT2D eigenvalue weighted by Gasteiger charge is 2.15. The second kappa shape index (κ2) is 9.66. The minimum absolute atomic E-state index is 0.213. The Morgan fingerprint density at radius 3 is 2.33 bits per heavy atom. The molecular weight excluding hydrogens is 380 g/mol. The summed E-state index contributed by atoms with van der Waals surface area (Å²) in [4.78, 5) is 37.0. The highest BCUT2D eigenvalue weighted by molar-refractivity contribution is 6.14. The number of hydrogen-bond acceptors (Lipinski definition) is 4. The molecule has 3 aromatic rings. The molecule has 0 fully saturated rings. The van der Waals surface area contributed by atoms with Crippen molar-refractivity contribution in [3.63, 3.8) is 0 Å². The molecule has 3 amide bonds. The Labute approximate surface area is 173 Å². The fraction of sp³-hybridized carbons (Fsp3) is 0.0435. The van der Waals surface area contributed by atoms with Gasteiger partial charge in [0.15, 0.2) is 5.78 Å². The van der Waals surface area contributed by atoms with Gasteiger partial charge in [0.05, 0.1) is 23.9 Å². The quantitative estimate of drug-likeness (QED) is 0.551. The Balaban J connectivity index is 1.59. The number of carbonyl (C=O) groups is 3. The van der Waals surface area contributed by atoms with Gasteiger partial charge in [0.1, 0.15) is 0 Å². The number of para-hydroxylation sites is 1. The summed E-state index contributed by atoms with van der Waals surface area (Å²) in [5.74, 6) is -0.696. The third-order valence-corrected chi connectivity index (χ3v) is 4.14. The standard InChI is InChI=1S/C23H18N4O3/c24-14-16-7-6-10-18(13-16)26-23(30)25-15-21(28)27-20-12-5-4-11-19(20)22(29)17-8-2-1-3-9-17/h1-13H,15H2,(H,27,28)(H2,25,26,30). The molecule has 0 unspecified atom stereocenters. The van der Waals surface area contributed by atoms with Gasteiger partial charge in [-0.25, -0.2) is 4.79 Å². The number of ketones is 1. The zero-order valence-corrected chi connectivity index (χ0v) is 15.9. The molecule has 0 saturated heterocycles. The number of urea groups is 1. The maximum absolute atomic E-state index is 12.7. The van der Waals surface area contributed by atoms with Gasteiger partial charge in [0, 0.05) is 16.8 Å². The summed E-state index contributed by atoms with van der Waals surface area (Å²) in [6, 6.07) is 23.2. The Bertz CT molecular complexity index is 1120. The molecule has 0 aliphatic heterocycles. The van der Waals surface area contributed by atoms with Crippen LogP contribution in [0.1, 0.15) is 21.5 Å². The van der Waals surface area contributed by atoms with E-state index in [1.165, 1.54) is 6.07 Å². The lowest BCUT2D eigenvalue weighted by molar-refractivity contribution is -0.115. The number of nitriles is 1. The summed E-state index contributed by atoms with van der Waals surface area (Å²) in [6.07, 6.45) is 0. The number of benzene rings is 3. The third kappa shape index (κ3) is 5.30. The first kappa shape index (κ1) is 20.3. The zero-order valence-electron chi connectivity index (χ0n) is 15.9. The van der Waals surface area contributed by atoms with Crippen LogP contribution >= 0.6 is 0 Å². The molecule has 0 bridgehead atoms. The molecule has 0 atom stereocenters. The van der Waals surface area contributed by atoms with Crippen LogP contribution in [0.15, 0.2) is 78.9 Å². The number of rotatable bonds is 6. The van der Waals surface area contributed by atoms with Crippen molar-refractivity contribution in [2.75, 3.05) is 17.2 Å². The van der Waals surface area contributed by atoms with Crippen LogP contribution < -0.4 is 16.0 Å². The monoisotopic (exact) mass is 398 g/mol. The van der Waals surface area contributed by atoms with Gasteiger partial charge in [-0.15, -0.1) is 0 Å². The second-order valence-electron chi connectivity index (χ2n) is 6.29. The van der Waals surface area contributed by atoms with E-state index < -0.39 is 11.9 Å². The largest absolute Gasteiger partial charge is 0.329 e. The van der Waals surface area contributed by atoms with Crippen LogP contribution in [0.4, 0.5) is 16.2 Å². The normalized spacial score (nSPS) is 9.83. The van der Waals surface area contributed by atoms with E-state index in [-0.39, 0.29) is 12.3 Å². The molecule has 148 valence electrons. The third-order valence-electron chi connectivity index (χ3n) is 4.14. The van der Waals surface area contributed by atoms with Crippen LogP contribution in [0, 0.1) is 11.3 Å². The molecule has 7 nitrogen and oxygen atoms in total. The van der Waals surface area contributed by atoms with E-state index >= 15 is 0 Å². The molecule has 0 saturated carbocycles. The molecule has 0 radical (unpaired) electrons. The van der Waals surface area contributed by atoms with E-state index in [0.29, 0.717) is 28.1 Å². The molecule has 0 heterocycles. The molecule has 0 aromatic heterocycles. The zero-order chi connectivity index (χ0) is 21.3. The van der Waals surface area contributed by atoms with Crippen molar-refractivity contribution in [2.24, 2.45) is 0 Å². The molecule has 3 aromatic carbocycles. The van der Waals surface area contributed by atoms with Gasteiger partial charge in [-0.05, 0) is 30.3 Å². The maximum Gasteiger partial charge on any atom is 0.319 e. The first-order chi connectivity index (χ1) is 14.6. The average molecular weight is 398 g/mol. The molecule has 0 aliphatic rings. The summed E-state index contributed by atoms with van der Waals surface area (Å²) in [6.45, 7) is -0.294. The van der Waals surface area contributed by atoms with E-state index in [2.05, 4.69) is 16.0 Å². The van der Waals surface area contributed by atoms with Crippen molar-refractivity contribution >= 4 is 29.1 Å². The van der Waals surface area contributed by atoms with Gasteiger partial charge in [0.2, 0.25) is 5.91 Å². The second-order valence-corrected chi connectivity index (χ2v) is 6.29. The lowest BCUT2D eigenvalue weighted by Gasteiger charge is -2.11. The highest BCUT2D eigenvalue weighted by Crippen LogP contribution is 2.19.